The monoisotopic (exact) mass is 633 g/mol. The maximum absolute atomic E-state index is 15.0. The zero-order chi connectivity index (χ0) is 32.8. The maximum atomic E-state index is 15.0. The smallest absolute Gasteiger partial charge is 0.429 e. The van der Waals surface area contributed by atoms with Crippen molar-refractivity contribution < 1.29 is 48.6 Å². The molecule has 0 spiro atoms. The highest BCUT2D eigenvalue weighted by Crippen LogP contribution is 2.40. The predicted molar refractivity (Wildman–Crippen MR) is 146 cm³/mol. The Morgan fingerprint density at radius 2 is 1.41 bits per heavy atom. The summed E-state index contributed by atoms with van der Waals surface area (Å²) in [5.41, 5.74) is -1.19. The van der Waals surface area contributed by atoms with E-state index in [2.05, 4.69) is 16.6 Å². The van der Waals surface area contributed by atoms with Gasteiger partial charge in [-0.2, -0.15) is 30.7 Å². The average molecular weight is 634 g/mol. The van der Waals surface area contributed by atoms with E-state index in [4.69, 9.17) is 0 Å². The average Bonchev–Trinajstić information content (AvgIpc) is 2.92. The van der Waals surface area contributed by atoms with Gasteiger partial charge in [-0.1, -0.05) is 51.8 Å². The molecule has 0 unspecified atom stereocenters. The van der Waals surface area contributed by atoms with E-state index < -0.39 is 64.9 Å². The molecule has 2 aromatic carbocycles. The molecule has 0 saturated heterocycles. The topological polar surface area (TPSA) is 22.1 Å². The lowest BCUT2D eigenvalue weighted by Crippen LogP contribution is -2.22. The maximum Gasteiger partial charge on any atom is 0.432 e. The van der Waals surface area contributed by atoms with Gasteiger partial charge in [-0.15, -0.1) is 0 Å². The minimum Gasteiger partial charge on any atom is -0.429 e. The Balaban J connectivity index is 0.00000259. The minimum atomic E-state index is -5.37. The van der Waals surface area contributed by atoms with Crippen LogP contribution >= 0.6 is 0 Å². The van der Waals surface area contributed by atoms with Gasteiger partial charge in [0.1, 0.15) is 28.8 Å². The van der Waals surface area contributed by atoms with Crippen molar-refractivity contribution in [2.24, 2.45) is 5.92 Å². The number of hydrogen-bond acceptors (Lipinski definition) is 2. The first-order valence-electron chi connectivity index (χ1n) is 13.8. The molecule has 1 heterocycles. The van der Waals surface area contributed by atoms with E-state index in [0.717, 1.165) is 43.4 Å². The number of ether oxygens (including phenoxy) is 1. The number of alkyl halides is 5. The number of allylic oxidation sites excluding steroid dienone is 2. The molecule has 0 bridgehead atoms. The van der Waals surface area contributed by atoms with Gasteiger partial charge in [0.05, 0.1) is 11.8 Å². The second-order valence-electron chi connectivity index (χ2n) is 10.1. The molecule has 1 aliphatic rings. The molecular formula is C32H29F10NO. The standard InChI is InChI=1S/C30H23F10NO.C2H6/c1-16-2-4-17(5-3-16)19-7-9-26(41-15-19)18-6-8-22(23(31)10-18)20-11-24(32)28(25(33)12-20)30(39,40)42-21(13-27(34)35)14-29(36,37)38;1-2/h6-17H,2-5H2,1H3;1-2H3/b21-14-;. The third-order valence-corrected chi connectivity index (χ3v) is 6.99. The Labute approximate surface area is 248 Å². The van der Waals surface area contributed by atoms with E-state index in [1.54, 1.807) is 12.3 Å². The zero-order valence-corrected chi connectivity index (χ0v) is 23.9. The van der Waals surface area contributed by atoms with E-state index >= 15 is 4.39 Å². The molecule has 2 nitrogen and oxygen atoms in total. The molecule has 0 aliphatic heterocycles. The third-order valence-electron chi connectivity index (χ3n) is 6.99. The van der Waals surface area contributed by atoms with Gasteiger partial charge in [-0.3, -0.25) is 4.98 Å². The molecule has 1 fully saturated rings. The zero-order valence-electron chi connectivity index (χ0n) is 23.9. The lowest BCUT2D eigenvalue weighted by molar-refractivity contribution is -0.226. The summed E-state index contributed by atoms with van der Waals surface area (Å²) in [6, 6.07) is 7.90. The molecule has 0 radical (unpaired) electrons. The molecule has 238 valence electrons. The molecule has 0 amide bonds. The van der Waals surface area contributed by atoms with Crippen molar-refractivity contribution in [3.8, 4) is 22.4 Å². The van der Waals surface area contributed by atoms with Crippen molar-refractivity contribution in [1.29, 1.82) is 0 Å². The number of pyridine rings is 1. The van der Waals surface area contributed by atoms with Crippen LogP contribution in [0.15, 0.2) is 72.7 Å². The van der Waals surface area contributed by atoms with Gasteiger partial charge < -0.3 is 4.74 Å². The summed E-state index contributed by atoms with van der Waals surface area (Å²) in [5.74, 6) is -6.00. The number of rotatable bonds is 7. The van der Waals surface area contributed by atoms with Crippen LogP contribution in [0.5, 0.6) is 0 Å². The minimum absolute atomic E-state index is 0.324. The Morgan fingerprint density at radius 3 is 1.91 bits per heavy atom. The second-order valence-corrected chi connectivity index (χ2v) is 10.1. The Morgan fingerprint density at radius 1 is 0.818 bits per heavy atom. The largest absolute Gasteiger partial charge is 0.432 e. The van der Waals surface area contributed by atoms with Crippen LogP contribution in [0.3, 0.4) is 0 Å². The van der Waals surface area contributed by atoms with Gasteiger partial charge in [0.15, 0.2) is 0 Å². The first-order chi connectivity index (χ1) is 20.6. The lowest BCUT2D eigenvalue weighted by Gasteiger charge is -2.26. The third kappa shape index (κ3) is 8.86. The number of halogens is 10. The van der Waals surface area contributed by atoms with Gasteiger partial charge in [0.25, 0.3) is 6.08 Å². The van der Waals surface area contributed by atoms with Crippen LogP contribution in [0, 0.1) is 23.4 Å². The van der Waals surface area contributed by atoms with E-state index in [1.165, 1.54) is 6.07 Å². The summed E-state index contributed by atoms with van der Waals surface area (Å²) in [7, 11) is 0. The Kier molecular flexibility index (Phi) is 11.3. The van der Waals surface area contributed by atoms with Crippen molar-refractivity contribution in [3.63, 3.8) is 0 Å². The summed E-state index contributed by atoms with van der Waals surface area (Å²) in [4.78, 5) is 4.41. The molecule has 4 rings (SSSR count). The molecule has 12 heteroatoms. The molecule has 1 saturated carbocycles. The lowest BCUT2D eigenvalue weighted by atomic mass is 9.80. The summed E-state index contributed by atoms with van der Waals surface area (Å²) in [5, 5.41) is 0. The predicted octanol–water partition coefficient (Wildman–Crippen LogP) is 11.4. The second kappa shape index (κ2) is 14.3. The van der Waals surface area contributed by atoms with Gasteiger partial charge >= 0.3 is 12.3 Å². The number of hydrogen-bond donors (Lipinski definition) is 0. The van der Waals surface area contributed by atoms with Crippen molar-refractivity contribution >= 4 is 0 Å². The number of benzene rings is 2. The van der Waals surface area contributed by atoms with Crippen molar-refractivity contribution in [3.05, 3.63) is 101 Å². The SMILES string of the molecule is CC.CC1CCC(c2ccc(-c3ccc(-c4cc(F)c(C(F)(F)O/C(C=C(F)F)=C\C(F)(F)F)c(F)c4)c(F)c3)nc2)CC1. The molecule has 0 atom stereocenters. The van der Waals surface area contributed by atoms with E-state index in [1.807, 2.05) is 19.9 Å². The molecule has 0 N–H and O–H groups in total. The van der Waals surface area contributed by atoms with Crippen LogP contribution in [0.1, 0.15) is 63.5 Å². The summed E-state index contributed by atoms with van der Waals surface area (Å²) < 4.78 is 140. The highest BCUT2D eigenvalue weighted by molar-refractivity contribution is 5.70. The van der Waals surface area contributed by atoms with Crippen molar-refractivity contribution in [2.75, 3.05) is 0 Å². The van der Waals surface area contributed by atoms with Crippen LogP contribution in [0.25, 0.3) is 22.4 Å². The van der Waals surface area contributed by atoms with E-state index in [0.29, 0.717) is 35.2 Å². The van der Waals surface area contributed by atoms with Crippen LogP contribution < -0.4 is 0 Å². The van der Waals surface area contributed by atoms with Gasteiger partial charge in [0, 0.05) is 23.4 Å². The van der Waals surface area contributed by atoms with E-state index in [9.17, 15) is 39.5 Å². The Bertz CT molecular complexity index is 1460. The van der Waals surface area contributed by atoms with Crippen molar-refractivity contribution in [1.82, 2.24) is 4.98 Å². The van der Waals surface area contributed by atoms with Gasteiger partial charge in [-0.05, 0) is 60.1 Å². The summed E-state index contributed by atoms with van der Waals surface area (Å²) in [6.45, 7) is 6.21. The summed E-state index contributed by atoms with van der Waals surface area (Å²) >= 11 is 0. The first-order valence-corrected chi connectivity index (χ1v) is 13.8. The van der Waals surface area contributed by atoms with Crippen LogP contribution in [-0.4, -0.2) is 11.2 Å². The highest BCUT2D eigenvalue weighted by Gasteiger charge is 2.42. The molecule has 44 heavy (non-hydrogen) atoms. The van der Waals surface area contributed by atoms with Gasteiger partial charge in [-0.25, -0.2) is 13.2 Å². The molecule has 3 aromatic rings. The highest BCUT2D eigenvalue weighted by atomic mass is 19.4. The van der Waals surface area contributed by atoms with E-state index in [-0.39, 0.29) is 5.56 Å². The molecular weight excluding hydrogens is 604 g/mol. The Hall–Kier alpha value is -3.83. The molecule has 1 aliphatic carbocycles. The first kappa shape index (κ1) is 34.7. The normalized spacial score (nSPS) is 17.4. The fourth-order valence-corrected chi connectivity index (χ4v) is 4.89. The fourth-order valence-electron chi connectivity index (χ4n) is 4.89. The number of nitrogens with zero attached hydrogens (tertiary/aromatic N) is 1. The van der Waals surface area contributed by atoms with Crippen LogP contribution in [0.2, 0.25) is 0 Å². The fraction of sp³-hybridized carbons (Fsp3) is 0.344. The van der Waals surface area contributed by atoms with Crippen molar-refractivity contribution in [2.45, 2.75) is 64.7 Å². The van der Waals surface area contributed by atoms with Crippen LogP contribution in [-0.2, 0) is 10.8 Å². The summed E-state index contributed by atoms with van der Waals surface area (Å²) in [6.07, 6.45) is -8.98. The molecule has 1 aromatic heterocycles. The van der Waals surface area contributed by atoms with Crippen LogP contribution in [0.4, 0.5) is 43.9 Å². The quantitative estimate of drug-likeness (QED) is 0.147. The van der Waals surface area contributed by atoms with Gasteiger partial charge in [0.2, 0.25) is 0 Å². The number of aromatic nitrogens is 1.